The van der Waals surface area contributed by atoms with Crippen molar-refractivity contribution in [1.29, 1.82) is 5.26 Å². The standard InChI is InChI=1S/C22H29N7O/c1-4-6-17-12-20(29-10-9-19(14-29)27-22(30)24-5-2)28-21(25-17)26-18-8-7-15(3)16(11-18)13-23/h7-8,11-12,19H,4-6,9-10,14H2,1-3H3,(H2,24,27,30)(H,25,26,28). The number of nitrogens with zero attached hydrogens (tertiary/aromatic N) is 4. The quantitative estimate of drug-likeness (QED) is 0.651. The van der Waals surface area contributed by atoms with Gasteiger partial charge in [0.05, 0.1) is 11.6 Å². The topological polar surface area (TPSA) is 106 Å². The highest BCUT2D eigenvalue weighted by Crippen LogP contribution is 2.24. The Hall–Kier alpha value is -3.34. The Labute approximate surface area is 177 Å². The maximum absolute atomic E-state index is 11.8. The fourth-order valence-electron chi connectivity index (χ4n) is 3.52. The van der Waals surface area contributed by atoms with Crippen LogP contribution in [0.25, 0.3) is 0 Å². The zero-order valence-corrected chi connectivity index (χ0v) is 17.8. The number of hydrogen-bond donors (Lipinski definition) is 3. The molecule has 0 saturated carbocycles. The number of urea groups is 1. The number of aromatic nitrogens is 2. The number of carbonyl (C=O) groups excluding carboxylic acids is 1. The average molecular weight is 408 g/mol. The minimum absolute atomic E-state index is 0.0906. The highest BCUT2D eigenvalue weighted by molar-refractivity contribution is 5.74. The van der Waals surface area contributed by atoms with Crippen LogP contribution in [0, 0.1) is 18.3 Å². The summed E-state index contributed by atoms with van der Waals surface area (Å²) in [6.07, 6.45) is 2.72. The molecule has 1 aromatic heterocycles. The number of anilines is 3. The van der Waals surface area contributed by atoms with Gasteiger partial charge < -0.3 is 20.9 Å². The van der Waals surface area contributed by atoms with E-state index >= 15 is 0 Å². The van der Waals surface area contributed by atoms with Gasteiger partial charge in [-0.2, -0.15) is 10.2 Å². The fourth-order valence-corrected chi connectivity index (χ4v) is 3.52. The molecule has 3 rings (SSSR count). The number of aryl methyl sites for hydroxylation is 2. The third-order valence-corrected chi connectivity index (χ3v) is 5.07. The third-order valence-electron chi connectivity index (χ3n) is 5.07. The van der Waals surface area contributed by atoms with Crippen molar-refractivity contribution < 1.29 is 4.79 Å². The summed E-state index contributed by atoms with van der Waals surface area (Å²) in [5.74, 6) is 1.37. The second kappa shape index (κ2) is 9.92. The normalized spacial score (nSPS) is 15.5. The molecule has 1 atom stereocenters. The van der Waals surface area contributed by atoms with E-state index in [-0.39, 0.29) is 12.1 Å². The second-order valence-corrected chi connectivity index (χ2v) is 7.49. The van der Waals surface area contributed by atoms with Gasteiger partial charge in [0.1, 0.15) is 5.82 Å². The molecule has 2 heterocycles. The number of amides is 2. The summed E-state index contributed by atoms with van der Waals surface area (Å²) in [7, 11) is 0. The lowest BCUT2D eigenvalue weighted by atomic mass is 10.1. The van der Waals surface area contributed by atoms with Gasteiger partial charge in [-0.3, -0.25) is 0 Å². The van der Waals surface area contributed by atoms with Crippen LogP contribution >= 0.6 is 0 Å². The molecule has 8 nitrogen and oxygen atoms in total. The van der Waals surface area contributed by atoms with Crippen molar-refractivity contribution in [2.75, 3.05) is 29.9 Å². The van der Waals surface area contributed by atoms with Crippen LogP contribution in [0.2, 0.25) is 0 Å². The van der Waals surface area contributed by atoms with E-state index in [4.69, 9.17) is 4.98 Å². The Bertz CT molecular complexity index is 938. The van der Waals surface area contributed by atoms with Gasteiger partial charge in [0.15, 0.2) is 0 Å². The van der Waals surface area contributed by atoms with Crippen molar-refractivity contribution in [2.24, 2.45) is 0 Å². The second-order valence-electron chi connectivity index (χ2n) is 7.49. The monoisotopic (exact) mass is 407 g/mol. The first kappa shape index (κ1) is 21.4. The van der Waals surface area contributed by atoms with Crippen LogP contribution in [0.5, 0.6) is 0 Å². The Kier molecular flexibility index (Phi) is 7.07. The molecule has 0 aliphatic carbocycles. The van der Waals surface area contributed by atoms with Crippen LogP contribution in [0.1, 0.15) is 43.5 Å². The maximum atomic E-state index is 11.8. The summed E-state index contributed by atoms with van der Waals surface area (Å²) >= 11 is 0. The molecule has 1 aromatic carbocycles. The molecular formula is C22H29N7O. The van der Waals surface area contributed by atoms with Crippen LogP contribution in [0.15, 0.2) is 24.3 Å². The van der Waals surface area contributed by atoms with Gasteiger partial charge >= 0.3 is 6.03 Å². The number of carbonyl (C=O) groups is 1. The van der Waals surface area contributed by atoms with Crippen molar-refractivity contribution in [2.45, 2.75) is 46.1 Å². The molecule has 158 valence electrons. The van der Waals surface area contributed by atoms with E-state index in [0.29, 0.717) is 24.6 Å². The van der Waals surface area contributed by atoms with Crippen molar-refractivity contribution in [3.8, 4) is 6.07 Å². The number of rotatable bonds is 7. The van der Waals surface area contributed by atoms with Crippen molar-refractivity contribution in [3.63, 3.8) is 0 Å². The third kappa shape index (κ3) is 5.38. The molecule has 1 aliphatic rings. The molecule has 0 spiro atoms. The number of nitriles is 1. The van der Waals surface area contributed by atoms with Crippen LogP contribution in [-0.2, 0) is 6.42 Å². The zero-order valence-electron chi connectivity index (χ0n) is 17.8. The fraction of sp³-hybridized carbons (Fsp3) is 0.455. The van der Waals surface area contributed by atoms with Gasteiger partial charge in [-0.25, -0.2) is 9.78 Å². The largest absolute Gasteiger partial charge is 0.354 e. The lowest BCUT2D eigenvalue weighted by molar-refractivity contribution is 0.238. The van der Waals surface area contributed by atoms with Crippen LogP contribution in [-0.4, -0.2) is 41.7 Å². The summed E-state index contributed by atoms with van der Waals surface area (Å²) in [5.41, 5.74) is 3.32. The lowest BCUT2D eigenvalue weighted by Crippen LogP contribution is -2.43. The SMILES string of the molecule is CCCc1cc(N2CCC(NC(=O)NCC)C2)nc(Nc2ccc(C)c(C#N)c2)n1. The minimum Gasteiger partial charge on any atom is -0.354 e. The zero-order chi connectivity index (χ0) is 21.5. The van der Waals surface area contributed by atoms with Crippen molar-refractivity contribution in [1.82, 2.24) is 20.6 Å². The van der Waals surface area contributed by atoms with Gasteiger partial charge in [0.25, 0.3) is 0 Å². The van der Waals surface area contributed by atoms with Crippen LogP contribution < -0.4 is 20.9 Å². The molecule has 1 aliphatic heterocycles. The number of nitrogens with one attached hydrogen (secondary N) is 3. The summed E-state index contributed by atoms with van der Waals surface area (Å²) in [5, 5.41) is 18.3. The van der Waals surface area contributed by atoms with E-state index in [1.54, 1.807) is 0 Å². The van der Waals surface area contributed by atoms with Crippen molar-refractivity contribution >= 4 is 23.5 Å². The highest BCUT2D eigenvalue weighted by Gasteiger charge is 2.25. The number of hydrogen-bond acceptors (Lipinski definition) is 6. The first-order valence-electron chi connectivity index (χ1n) is 10.5. The summed E-state index contributed by atoms with van der Waals surface area (Å²) in [6.45, 7) is 8.08. The van der Waals surface area contributed by atoms with Crippen molar-refractivity contribution in [3.05, 3.63) is 41.1 Å². The van der Waals surface area contributed by atoms with E-state index < -0.39 is 0 Å². The molecule has 3 N–H and O–H groups in total. The highest BCUT2D eigenvalue weighted by atomic mass is 16.2. The number of benzene rings is 1. The molecule has 0 radical (unpaired) electrons. The molecule has 30 heavy (non-hydrogen) atoms. The van der Waals surface area contributed by atoms with Gasteiger partial charge in [0.2, 0.25) is 5.95 Å². The Morgan fingerprint density at radius 3 is 2.87 bits per heavy atom. The lowest BCUT2D eigenvalue weighted by Gasteiger charge is -2.20. The minimum atomic E-state index is -0.131. The average Bonchev–Trinajstić information content (AvgIpc) is 3.18. The summed E-state index contributed by atoms with van der Waals surface area (Å²) < 4.78 is 0. The Morgan fingerprint density at radius 2 is 2.13 bits per heavy atom. The Morgan fingerprint density at radius 1 is 1.30 bits per heavy atom. The molecule has 2 amide bonds. The first-order chi connectivity index (χ1) is 14.5. The maximum Gasteiger partial charge on any atom is 0.315 e. The van der Waals surface area contributed by atoms with Gasteiger partial charge in [-0.15, -0.1) is 0 Å². The molecule has 0 bridgehead atoms. The van der Waals surface area contributed by atoms with Crippen LogP contribution in [0.4, 0.5) is 22.2 Å². The molecule has 1 unspecified atom stereocenters. The van der Waals surface area contributed by atoms with E-state index in [9.17, 15) is 10.1 Å². The molecule has 1 fully saturated rings. The van der Waals surface area contributed by atoms with Gasteiger partial charge in [0, 0.05) is 43.1 Å². The smallest absolute Gasteiger partial charge is 0.315 e. The molecular weight excluding hydrogens is 378 g/mol. The van der Waals surface area contributed by atoms with E-state index in [2.05, 4.69) is 38.8 Å². The van der Waals surface area contributed by atoms with E-state index in [1.807, 2.05) is 38.1 Å². The predicted octanol–water partition coefficient (Wildman–Crippen LogP) is 3.25. The molecule has 8 heteroatoms. The van der Waals surface area contributed by atoms with Crippen LogP contribution in [0.3, 0.4) is 0 Å². The Balaban J connectivity index is 1.78. The van der Waals surface area contributed by atoms with E-state index in [0.717, 1.165) is 48.6 Å². The van der Waals surface area contributed by atoms with Gasteiger partial charge in [-0.1, -0.05) is 19.4 Å². The summed E-state index contributed by atoms with van der Waals surface area (Å²) in [6, 6.07) is 9.85. The first-order valence-corrected chi connectivity index (χ1v) is 10.5. The van der Waals surface area contributed by atoms with Gasteiger partial charge in [-0.05, 0) is 44.4 Å². The molecule has 1 saturated heterocycles. The predicted molar refractivity (Wildman–Crippen MR) is 118 cm³/mol. The summed E-state index contributed by atoms with van der Waals surface area (Å²) in [4.78, 5) is 23.4. The molecule has 2 aromatic rings. The van der Waals surface area contributed by atoms with E-state index in [1.165, 1.54) is 0 Å².